The average molecular weight is 583 g/mol. The van der Waals surface area contributed by atoms with Gasteiger partial charge in [-0.05, 0) is 51.1 Å². The number of anilines is 1. The molecule has 0 unspecified atom stereocenters. The van der Waals surface area contributed by atoms with Gasteiger partial charge in [-0.15, -0.1) is 0 Å². The molecule has 1 aliphatic rings. The zero-order valence-electron chi connectivity index (χ0n) is 23.9. The van der Waals surface area contributed by atoms with Crippen molar-refractivity contribution in [3.8, 4) is 28.9 Å². The number of rotatable bonds is 10. The number of nitrogens with one attached hydrogen (secondary N) is 1. The van der Waals surface area contributed by atoms with Crippen LogP contribution in [0, 0.1) is 17.0 Å². The maximum Gasteiger partial charge on any atom is 0.331 e. The Hall–Kier alpha value is -4.94. The van der Waals surface area contributed by atoms with Crippen LogP contribution in [0.2, 0.25) is 0 Å². The fraction of sp³-hybridized carbons (Fsp3) is 0.310. The minimum atomic E-state index is -1.45. The molecular formula is C29H32F2N6O5. The lowest BCUT2D eigenvalue weighted by Crippen LogP contribution is -2.50. The summed E-state index contributed by atoms with van der Waals surface area (Å²) in [7, 11) is 3.23. The lowest BCUT2D eigenvalue weighted by Gasteiger charge is -2.34. The van der Waals surface area contributed by atoms with Gasteiger partial charge in [0.05, 0.1) is 18.7 Å². The van der Waals surface area contributed by atoms with Gasteiger partial charge in [-0.3, -0.25) is 10.4 Å². The van der Waals surface area contributed by atoms with E-state index < -0.39 is 46.3 Å². The Morgan fingerprint density at radius 3 is 2.52 bits per heavy atom. The third-order valence-electron chi connectivity index (χ3n) is 6.80. The normalized spacial score (nSPS) is 13.0. The summed E-state index contributed by atoms with van der Waals surface area (Å²) in [6, 6.07) is 10.4. The van der Waals surface area contributed by atoms with Gasteiger partial charge in [0.25, 0.3) is 5.88 Å². The van der Waals surface area contributed by atoms with E-state index in [0.29, 0.717) is 24.5 Å². The molecule has 4 N–H and O–H groups in total. The lowest BCUT2D eigenvalue weighted by atomic mass is 10.0. The second-order valence-electron chi connectivity index (χ2n) is 9.96. The van der Waals surface area contributed by atoms with Gasteiger partial charge in [-0.25, -0.2) is 4.79 Å². The molecule has 222 valence electrons. The standard InChI is InChI=1S/C29H32F2N6O5/c1-6-40-28(39)29(2,3)37(5)26-21(30)23(41-19-10-8-7-9-17(19)25-34-13-14-36(25)4)22(31)27(35-26)42-20-15-16(24(32)33)11-12-18(20)38/h7-12,15,38H,6,13-14H2,1-5H3,(H3,32,33). The largest absolute Gasteiger partial charge is 0.504 e. The number of carbonyl (C=O) groups excluding carboxylic acids is 1. The zero-order valence-corrected chi connectivity index (χ0v) is 23.9. The van der Waals surface area contributed by atoms with Gasteiger partial charge in [-0.1, -0.05) is 12.1 Å². The van der Waals surface area contributed by atoms with Gasteiger partial charge in [-0.2, -0.15) is 13.8 Å². The van der Waals surface area contributed by atoms with Crippen molar-refractivity contribution < 1.29 is 32.9 Å². The van der Waals surface area contributed by atoms with E-state index in [1.165, 1.54) is 50.1 Å². The summed E-state index contributed by atoms with van der Waals surface area (Å²) >= 11 is 0. The average Bonchev–Trinajstić information content (AvgIpc) is 3.38. The van der Waals surface area contributed by atoms with E-state index in [2.05, 4.69) is 9.98 Å². The van der Waals surface area contributed by atoms with Crippen molar-refractivity contribution >= 4 is 23.5 Å². The highest BCUT2D eigenvalue weighted by atomic mass is 19.1. The minimum Gasteiger partial charge on any atom is -0.504 e. The number of hydrogen-bond donors (Lipinski definition) is 3. The topological polar surface area (TPSA) is 147 Å². The second-order valence-corrected chi connectivity index (χ2v) is 9.96. The van der Waals surface area contributed by atoms with E-state index in [9.17, 15) is 9.90 Å². The number of esters is 1. The second kappa shape index (κ2) is 11.9. The number of aromatic nitrogens is 1. The van der Waals surface area contributed by atoms with Crippen molar-refractivity contribution in [2.75, 3.05) is 38.7 Å². The summed E-state index contributed by atoms with van der Waals surface area (Å²) < 4.78 is 48.9. The van der Waals surface area contributed by atoms with Crippen LogP contribution in [-0.4, -0.2) is 72.0 Å². The fourth-order valence-corrected chi connectivity index (χ4v) is 4.12. The number of aliphatic imine (C=N–C) groups is 1. The van der Waals surface area contributed by atoms with Crippen LogP contribution in [0.15, 0.2) is 47.5 Å². The molecule has 0 atom stereocenters. The summed E-state index contributed by atoms with van der Waals surface area (Å²) in [5.74, 6) is -5.67. The summed E-state index contributed by atoms with van der Waals surface area (Å²) in [4.78, 5) is 24.3. The van der Waals surface area contributed by atoms with Crippen LogP contribution in [-0.2, 0) is 9.53 Å². The molecule has 13 heteroatoms. The number of nitrogen functional groups attached to an aromatic ring is 1. The van der Waals surface area contributed by atoms with Crippen LogP contribution in [0.3, 0.4) is 0 Å². The van der Waals surface area contributed by atoms with Gasteiger partial charge in [0, 0.05) is 26.2 Å². The number of nitrogens with two attached hydrogens (primary N) is 1. The monoisotopic (exact) mass is 582 g/mol. The molecule has 1 aliphatic heterocycles. The van der Waals surface area contributed by atoms with Crippen molar-refractivity contribution in [3.63, 3.8) is 0 Å². The molecule has 0 spiro atoms. The molecule has 42 heavy (non-hydrogen) atoms. The number of likely N-dealkylation sites (N-methyl/N-ethyl adjacent to an activating group) is 2. The number of hydrogen-bond acceptors (Lipinski definition) is 10. The number of ether oxygens (including phenoxy) is 3. The Morgan fingerprint density at radius 2 is 1.88 bits per heavy atom. The van der Waals surface area contributed by atoms with E-state index in [1.54, 1.807) is 25.1 Å². The quantitative estimate of drug-likeness (QED) is 0.180. The molecule has 2 aromatic carbocycles. The summed E-state index contributed by atoms with van der Waals surface area (Å²) in [6.45, 7) is 5.91. The predicted molar refractivity (Wildman–Crippen MR) is 153 cm³/mol. The molecule has 0 bridgehead atoms. The summed E-state index contributed by atoms with van der Waals surface area (Å²) in [5, 5.41) is 18.0. The van der Waals surface area contributed by atoms with Gasteiger partial charge in [0.15, 0.2) is 17.3 Å². The Labute approximate surface area is 241 Å². The summed E-state index contributed by atoms with van der Waals surface area (Å²) in [5.41, 5.74) is 4.78. The molecular weight excluding hydrogens is 550 g/mol. The number of carbonyl (C=O) groups is 1. The number of aromatic hydroxyl groups is 1. The van der Waals surface area contributed by atoms with Gasteiger partial charge in [0.1, 0.15) is 23.0 Å². The van der Waals surface area contributed by atoms with Crippen molar-refractivity contribution in [2.24, 2.45) is 10.7 Å². The van der Waals surface area contributed by atoms with E-state index in [-0.39, 0.29) is 29.5 Å². The molecule has 3 aromatic rings. The SMILES string of the molecule is CCOC(=O)C(C)(C)N(C)c1nc(Oc2cc(C(=N)N)ccc2O)c(F)c(Oc2ccccc2C2=NCCN2C)c1F. The van der Waals surface area contributed by atoms with Crippen LogP contribution in [0.1, 0.15) is 31.9 Å². The minimum absolute atomic E-state index is 0.0824. The first-order valence-corrected chi connectivity index (χ1v) is 13.0. The molecule has 0 fully saturated rings. The molecule has 0 amide bonds. The lowest BCUT2D eigenvalue weighted by molar-refractivity contribution is -0.148. The molecule has 0 saturated heterocycles. The number of nitrogens with zero attached hydrogens (tertiary/aromatic N) is 4. The zero-order chi connectivity index (χ0) is 30.8. The Kier molecular flexibility index (Phi) is 8.50. The van der Waals surface area contributed by atoms with Gasteiger partial charge >= 0.3 is 5.97 Å². The molecule has 0 radical (unpaired) electrons. The Balaban J connectivity index is 1.88. The van der Waals surface area contributed by atoms with Crippen molar-refractivity contribution in [3.05, 3.63) is 65.2 Å². The highest BCUT2D eigenvalue weighted by molar-refractivity contribution is 6.02. The number of phenols is 1. The molecule has 0 saturated carbocycles. The molecule has 4 rings (SSSR count). The maximum absolute atomic E-state index is 16.2. The summed E-state index contributed by atoms with van der Waals surface area (Å²) in [6.07, 6.45) is 0. The fourth-order valence-electron chi connectivity index (χ4n) is 4.12. The third kappa shape index (κ3) is 5.76. The third-order valence-corrected chi connectivity index (χ3v) is 6.80. The number of pyridine rings is 1. The van der Waals surface area contributed by atoms with Crippen LogP contribution >= 0.6 is 0 Å². The molecule has 11 nitrogen and oxygen atoms in total. The molecule has 2 heterocycles. The Morgan fingerprint density at radius 1 is 1.17 bits per heavy atom. The van der Waals surface area contributed by atoms with E-state index in [4.69, 9.17) is 25.4 Å². The number of halogens is 2. The molecule has 0 aliphatic carbocycles. The number of benzene rings is 2. The highest BCUT2D eigenvalue weighted by Gasteiger charge is 2.38. The van der Waals surface area contributed by atoms with E-state index in [1.807, 2.05) is 11.9 Å². The van der Waals surface area contributed by atoms with Gasteiger partial charge in [0.2, 0.25) is 17.4 Å². The number of phenolic OH excluding ortho intramolecular Hbond substituents is 1. The van der Waals surface area contributed by atoms with Crippen LogP contribution in [0.25, 0.3) is 0 Å². The van der Waals surface area contributed by atoms with E-state index >= 15 is 8.78 Å². The van der Waals surface area contributed by atoms with Crippen molar-refractivity contribution in [2.45, 2.75) is 26.3 Å². The maximum atomic E-state index is 16.2. The van der Waals surface area contributed by atoms with E-state index in [0.717, 1.165) is 0 Å². The number of amidine groups is 2. The van der Waals surface area contributed by atoms with Crippen molar-refractivity contribution in [1.82, 2.24) is 9.88 Å². The predicted octanol–water partition coefficient (Wildman–Crippen LogP) is 4.40. The van der Waals surface area contributed by atoms with Crippen LogP contribution in [0.4, 0.5) is 14.6 Å². The molecule has 1 aromatic heterocycles. The first-order chi connectivity index (χ1) is 19.9. The van der Waals surface area contributed by atoms with Crippen LogP contribution in [0.5, 0.6) is 28.9 Å². The van der Waals surface area contributed by atoms with Crippen molar-refractivity contribution in [1.29, 1.82) is 5.41 Å². The van der Waals surface area contributed by atoms with Crippen LogP contribution < -0.4 is 20.1 Å². The first kappa shape index (κ1) is 30.0. The first-order valence-electron chi connectivity index (χ1n) is 13.0. The van der Waals surface area contributed by atoms with Gasteiger partial charge < -0.3 is 34.9 Å². The smallest absolute Gasteiger partial charge is 0.331 e. The Bertz CT molecular complexity index is 1560. The number of para-hydroxylation sites is 1. The highest BCUT2D eigenvalue weighted by Crippen LogP contribution is 2.42.